The van der Waals surface area contributed by atoms with E-state index in [1.54, 1.807) is 0 Å². The molecule has 0 bridgehead atoms. The summed E-state index contributed by atoms with van der Waals surface area (Å²) in [5.74, 6) is 0. The van der Waals surface area contributed by atoms with Gasteiger partial charge in [0.1, 0.15) is 0 Å². The molecule has 0 saturated carbocycles. The van der Waals surface area contributed by atoms with Crippen LogP contribution < -0.4 is 25.5 Å². The number of nitrogens with zero attached hydrogens (tertiary/aromatic N) is 2. The third-order valence-corrected chi connectivity index (χ3v) is 13.4. The molecule has 2 aliphatic heterocycles. The second-order valence-electron chi connectivity index (χ2n) is 19.1. The Labute approximate surface area is 315 Å². The Bertz CT molecular complexity index is 2430. The molecular formula is C48H51BN2S. The van der Waals surface area contributed by atoms with Crippen molar-refractivity contribution in [1.82, 2.24) is 0 Å². The van der Waals surface area contributed by atoms with Crippen molar-refractivity contribution >= 4 is 78.0 Å². The molecule has 3 heterocycles. The highest BCUT2D eigenvalue weighted by molar-refractivity contribution is 7.33. The Morgan fingerprint density at radius 1 is 0.615 bits per heavy atom. The lowest BCUT2D eigenvalue weighted by atomic mass is 9.36. The van der Waals surface area contributed by atoms with Crippen LogP contribution in [0.1, 0.15) is 103 Å². The number of thiophene rings is 1. The topological polar surface area (TPSA) is 6.48 Å². The molecule has 0 saturated heterocycles. The first kappa shape index (κ1) is 33.6. The zero-order chi connectivity index (χ0) is 36.7. The zero-order valence-electron chi connectivity index (χ0n) is 32.8. The van der Waals surface area contributed by atoms with Crippen LogP contribution in [0.25, 0.3) is 10.1 Å². The fraction of sp³-hybridized carbons (Fsp3) is 0.333. The fourth-order valence-electron chi connectivity index (χ4n) is 9.78. The van der Waals surface area contributed by atoms with E-state index in [-0.39, 0.29) is 28.4 Å². The van der Waals surface area contributed by atoms with E-state index >= 15 is 0 Å². The summed E-state index contributed by atoms with van der Waals surface area (Å²) in [5, 5.41) is 1.36. The molecule has 262 valence electrons. The zero-order valence-corrected chi connectivity index (χ0v) is 33.6. The monoisotopic (exact) mass is 698 g/mol. The minimum atomic E-state index is 0.0500. The summed E-state index contributed by atoms with van der Waals surface area (Å²) in [5.41, 5.74) is 17.8. The van der Waals surface area contributed by atoms with E-state index in [4.69, 9.17) is 0 Å². The Hall–Kier alpha value is -4.28. The van der Waals surface area contributed by atoms with Gasteiger partial charge in [-0.3, -0.25) is 0 Å². The van der Waals surface area contributed by atoms with Crippen LogP contribution in [0, 0.1) is 6.92 Å². The first-order valence-corrected chi connectivity index (χ1v) is 19.9. The maximum atomic E-state index is 2.64. The third kappa shape index (κ3) is 4.89. The van der Waals surface area contributed by atoms with Gasteiger partial charge in [-0.25, -0.2) is 0 Å². The number of anilines is 6. The number of hydrogen-bond donors (Lipinski definition) is 0. The van der Waals surface area contributed by atoms with Crippen LogP contribution in [-0.4, -0.2) is 6.71 Å². The molecule has 6 aromatic rings. The number of hydrogen-bond acceptors (Lipinski definition) is 3. The molecule has 1 aromatic heterocycles. The number of aryl methyl sites for hydroxylation is 1. The average molecular weight is 699 g/mol. The molecule has 0 N–H and O–H groups in total. The second-order valence-corrected chi connectivity index (χ2v) is 20.2. The van der Waals surface area contributed by atoms with Gasteiger partial charge < -0.3 is 9.80 Å². The van der Waals surface area contributed by atoms with E-state index in [1.807, 2.05) is 11.3 Å². The van der Waals surface area contributed by atoms with Crippen molar-refractivity contribution in [2.45, 2.75) is 104 Å². The van der Waals surface area contributed by atoms with Gasteiger partial charge in [0.25, 0.3) is 6.71 Å². The molecule has 5 aromatic carbocycles. The summed E-state index contributed by atoms with van der Waals surface area (Å²) >= 11 is 1.99. The second kappa shape index (κ2) is 10.9. The average Bonchev–Trinajstić information content (AvgIpc) is 3.54. The van der Waals surface area contributed by atoms with Gasteiger partial charge >= 0.3 is 0 Å². The van der Waals surface area contributed by atoms with Gasteiger partial charge in [0.2, 0.25) is 0 Å². The third-order valence-electron chi connectivity index (χ3n) is 12.2. The summed E-state index contributed by atoms with van der Waals surface area (Å²) in [4.78, 5) is 5.17. The number of benzene rings is 5. The van der Waals surface area contributed by atoms with E-state index in [0.29, 0.717) is 0 Å². The van der Waals surface area contributed by atoms with E-state index < -0.39 is 0 Å². The largest absolute Gasteiger partial charge is 0.311 e. The SMILES string of the molecule is Cc1ccc2c(c1)B1c3sc4ccc(C(C)(C)C)cc4c3N(c3ccc4c(c3)C(C)(C)CC4(C)C)c3cccc(c31)N2c1ccc(C(C)(C)C)cc1. The normalized spacial score (nSPS) is 16.9. The number of fused-ring (bicyclic) bond motifs is 7. The van der Waals surface area contributed by atoms with E-state index in [2.05, 4.69) is 183 Å². The molecule has 0 atom stereocenters. The van der Waals surface area contributed by atoms with Crippen LogP contribution in [0.3, 0.4) is 0 Å². The van der Waals surface area contributed by atoms with Crippen LogP contribution >= 0.6 is 11.3 Å². The lowest BCUT2D eigenvalue weighted by molar-refractivity contribution is 0.403. The Morgan fingerprint density at radius 3 is 1.94 bits per heavy atom. The van der Waals surface area contributed by atoms with Crippen LogP contribution in [0.15, 0.2) is 97.1 Å². The highest BCUT2D eigenvalue weighted by Gasteiger charge is 2.46. The fourth-order valence-corrected chi connectivity index (χ4v) is 11.1. The molecule has 0 radical (unpaired) electrons. The highest BCUT2D eigenvalue weighted by atomic mass is 32.1. The minimum absolute atomic E-state index is 0.0500. The summed E-state index contributed by atoms with van der Waals surface area (Å²) in [7, 11) is 0. The van der Waals surface area contributed by atoms with Crippen LogP contribution in [0.2, 0.25) is 0 Å². The smallest absolute Gasteiger partial charge is 0.264 e. The van der Waals surface area contributed by atoms with Gasteiger partial charge in [0.15, 0.2) is 0 Å². The van der Waals surface area contributed by atoms with E-state index in [1.165, 1.54) is 87.7 Å². The van der Waals surface area contributed by atoms with Crippen molar-refractivity contribution in [1.29, 1.82) is 0 Å². The van der Waals surface area contributed by atoms with Crippen molar-refractivity contribution in [2.24, 2.45) is 0 Å². The molecule has 3 aliphatic rings. The summed E-state index contributed by atoms with van der Waals surface area (Å²) in [6.07, 6.45) is 1.16. The molecule has 0 unspecified atom stereocenters. The number of rotatable bonds is 2. The summed E-state index contributed by atoms with van der Waals surface area (Å²) < 4.78 is 2.80. The lowest BCUT2D eigenvalue weighted by Crippen LogP contribution is -2.60. The van der Waals surface area contributed by atoms with Crippen molar-refractivity contribution in [3.8, 4) is 0 Å². The molecular weight excluding hydrogens is 647 g/mol. The van der Waals surface area contributed by atoms with E-state index in [0.717, 1.165) is 6.42 Å². The quantitative estimate of drug-likeness (QED) is 0.166. The van der Waals surface area contributed by atoms with Crippen molar-refractivity contribution < 1.29 is 0 Å². The van der Waals surface area contributed by atoms with Gasteiger partial charge in [0.05, 0.1) is 5.69 Å². The van der Waals surface area contributed by atoms with Gasteiger partial charge in [-0.2, -0.15) is 0 Å². The molecule has 52 heavy (non-hydrogen) atoms. The standard InChI is InChI=1S/C48H51BN2S/c1-29-15-23-38-37(25-29)49-42-39(50(38)32-19-16-30(17-20-32)45(2,3)4)13-12-14-40(42)51(33-21-22-35-36(27-33)48(10,11)28-47(35,8)9)43-34-26-31(46(5,6)7)18-24-41(34)52-44(43)49/h12-27H,28H2,1-11H3. The van der Waals surface area contributed by atoms with Gasteiger partial charge in [-0.1, -0.05) is 117 Å². The first-order valence-electron chi connectivity index (χ1n) is 19.1. The summed E-state index contributed by atoms with van der Waals surface area (Å²) in [6.45, 7) is 26.0. The molecule has 9 rings (SSSR count). The first-order chi connectivity index (χ1) is 24.4. The molecule has 4 heteroatoms. The Kier molecular flexibility index (Phi) is 7.03. The Morgan fingerprint density at radius 2 is 1.25 bits per heavy atom. The summed E-state index contributed by atoms with van der Waals surface area (Å²) in [6, 6.07) is 38.1. The van der Waals surface area contributed by atoms with Crippen LogP contribution in [0.4, 0.5) is 34.1 Å². The lowest BCUT2D eigenvalue weighted by Gasteiger charge is -2.43. The highest BCUT2D eigenvalue weighted by Crippen LogP contribution is 2.53. The van der Waals surface area contributed by atoms with Crippen LogP contribution in [0.5, 0.6) is 0 Å². The minimum Gasteiger partial charge on any atom is -0.311 e. The predicted octanol–water partition coefficient (Wildman–Crippen LogP) is 11.8. The molecule has 2 nitrogen and oxygen atoms in total. The maximum Gasteiger partial charge on any atom is 0.264 e. The van der Waals surface area contributed by atoms with Gasteiger partial charge in [-0.05, 0) is 123 Å². The van der Waals surface area contributed by atoms with Crippen molar-refractivity contribution in [3.63, 3.8) is 0 Å². The van der Waals surface area contributed by atoms with Crippen LogP contribution in [-0.2, 0) is 21.7 Å². The van der Waals surface area contributed by atoms with Gasteiger partial charge in [0, 0.05) is 43.3 Å². The molecule has 1 aliphatic carbocycles. The maximum absolute atomic E-state index is 2.64. The molecule has 0 amide bonds. The van der Waals surface area contributed by atoms with Gasteiger partial charge in [-0.15, -0.1) is 11.3 Å². The molecule has 0 fully saturated rings. The Balaban J connectivity index is 1.36. The van der Waals surface area contributed by atoms with E-state index in [9.17, 15) is 0 Å². The predicted molar refractivity (Wildman–Crippen MR) is 229 cm³/mol. The molecule has 0 spiro atoms. The van der Waals surface area contributed by atoms with Crippen molar-refractivity contribution in [2.75, 3.05) is 9.80 Å². The van der Waals surface area contributed by atoms with Crippen molar-refractivity contribution in [3.05, 3.63) is 125 Å².